The van der Waals surface area contributed by atoms with Crippen molar-refractivity contribution < 1.29 is 28.0 Å². The van der Waals surface area contributed by atoms with E-state index in [4.69, 9.17) is 18.4 Å². The molecule has 0 aliphatic heterocycles. The predicted octanol–water partition coefficient (Wildman–Crippen LogP) is 3.74. The number of amides is 2. The summed E-state index contributed by atoms with van der Waals surface area (Å²) in [4.78, 5) is 30.2. The van der Waals surface area contributed by atoms with Crippen molar-refractivity contribution in [3.8, 4) is 22.9 Å². The zero-order valence-corrected chi connectivity index (χ0v) is 19.9. The van der Waals surface area contributed by atoms with Gasteiger partial charge in [-0.25, -0.2) is 0 Å². The fourth-order valence-electron chi connectivity index (χ4n) is 3.33. The summed E-state index contributed by atoms with van der Waals surface area (Å²) in [6.45, 7) is 1.92. The predicted molar refractivity (Wildman–Crippen MR) is 130 cm³/mol. The molecule has 0 bridgehead atoms. The molecule has 0 radical (unpaired) electrons. The Morgan fingerprint density at radius 3 is 2.58 bits per heavy atom. The Morgan fingerprint density at radius 1 is 1.03 bits per heavy atom. The second kappa shape index (κ2) is 11.0. The summed E-state index contributed by atoms with van der Waals surface area (Å²) in [6, 6.07) is 15.7. The van der Waals surface area contributed by atoms with Crippen molar-refractivity contribution in [3.63, 3.8) is 0 Å². The van der Waals surface area contributed by atoms with Gasteiger partial charge in [-0.2, -0.15) is 4.98 Å². The molecule has 184 valence electrons. The molecule has 4 aromatic rings. The molecule has 0 aliphatic rings. The number of hydrogen-bond donors (Lipinski definition) is 2. The highest BCUT2D eigenvalue weighted by Crippen LogP contribution is 2.27. The Hall–Kier alpha value is -4.86. The third-order valence-corrected chi connectivity index (χ3v) is 5.11. The van der Waals surface area contributed by atoms with E-state index in [9.17, 15) is 9.59 Å². The van der Waals surface area contributed by atoms with Crippen molar-refractivity contribution >= 4 is 17.9 Å². The van der Waals surface area contributed by atoms with Gasteiger partial charge in [-0.3, -0.25) is 9.59 Å². The maximum absolute atomic E-state index is 13.0. The van der Waals surface area contributed by atoms with Crippen molar-refractivity contribution in [1.29, 1.82) is 0 Å². The third kappa shape index (κ3) is 5.79. The highest BCUT2D eigenvalue weighted by Gasteiger charge is 2.18. The molecule has 0 saturated carbocycles. The van der Waals surface area contributed by atoms with E-state index in [0.717, 1.165) is 11.1 Å². The molecule has 0 fully saturated rings. The van der Waals surface area contributed by atoms with Gasteiger partial charge in [0.1, 0.15) is 11.5 Å². The fraction of sp³-hybridized carbons (Fsp3) is 0.154. The molecule has 2 aromatic carbocycles. The molecule has 2 amide bonds. The molecule has 0 spiro atoms. The van der Waals surface area contributed by atoms with Gasteiger partial charge in [0.2, 0.25) is 11.7 Å². The number of benzene rings is 2. The largest absolute Gasteiger partial charge is 0.493 e. The van der Waals surface area contributed by atoms with E-state index in [0.29, 0.717) is 23.1 Å². The molecule has 36 heavy (non-hydrogen) atoms. The van der Waals surface area contributed by atoms with E-state index >= 15 is 0 Å². The summed E-state index contributed by atoms with van der Waals surface area (Å²) in [7, 11) is 2.97. The SMILES string of the molecule is COc1ccc(C(=O)N/C(=C\c2ccco2)C(=O)NCc2nc(-c3cccc(C)c3)no2)cc1OC. The molecule has 2 aromatic heterocycles. The van der Waals surface area contributed by atoms with Crippen LogP contribution in [-0.4, -0.2) is 36.2 Å². The second-order valence-corrected chi connectivity index (χ2v) is 7.66. The van der Waals surface area contributed by atoms with Gasteiger partial charge in [-0.15, -0.1) is 0 Å². The van der Waals surface area contributed by atoms with Crippen LogP contribution < -0.4 is 20.1 Å². The van der Waals surface area contributed by atoms with Gasteiger partial charge in [-0.05, 0) is 43.3 Å². The average Bonchev–Trinajstić information content (AvgIpc) is 3.59. The quantitative estimate of drug-likeness (QED) is 0.341. The lowest BCUT2D eigenvalue weighted by Gasteiger charge is -2.12. The van der Waals surface area contributed by atoms with Crippen molar-refractivity contribution in [2.24, 2.45) is 0 Å². The third-order valence-electron chi connectivity index (χ3n) is 5.11. The van der Waals surface area contributed by atoms with Crippen molar-refractivity contribution in [2.75, 3.05) is 14.2 Å². The zero-order valence-electron chi connectivity index (χ0n) is 19.9. The van der Waals surface area contributed by atoms with Crippen LogP contribution in [0.25, 0.3) is 17.5 Å². The number of aryl methyl sites for hydroxylation is 1. The van der Waals surface area contributed by atoms with Gasteiger partial charge in [0, 0.05) is 17.2 Å². The lowest BCUT2D eigenvalue weighted by molar-refractivity contribution is -0.118. The van der Waals surface area contributed by atoms with Gasteiger partial charge < -0.3 is 29.0 Å². The van der Waals surface area contributed by atoms with E-state index in [1.807, 2.05) is 31.2 Å². The number of rotatable bonds is 9. The van der Waals surface area contributed by atoms with E-state index in [2.05, 4.69) is 20.8 Å². The van der Waals surface area contributed by atoms with E-state index in [1.54, 1.807) is 24.3 Å². The number of methoxy groups -OCH3 is 2. The minimum atomic E-state index is -0.574. The fourth-order valence-corrected chi connectivity index (χ4v) is 3.33. The van der Waals surface area contributed by atoms with Crippen LogP contribution in [0.2, 0.25) is 0 Å². The number of carbonyl (C=O) groups excluding carboxylic acids is 2. The number of nitrogens with one attached hydrogen (secondary N) is 2. The van der Waals surface area contributed by atoms with Gasteiger partial charge in [0.05, 0.1) is 27.0 Å². The Labute approximate surface area is 206 Å². The van der Waals surface area contributed by atoms with Crippen LogP contribution in [-0.2, 0) is 11.3 Å². The van der Waals surface area contributed by atoms with Crippen LogP contribution in [0.15, 0.2) is 75.5 Å². The first-order chi connectivity index (χ1) is 17.5. The molecule has 10 nitrogen and oxygen atoms in total. The average molecular weight is 489 g/mol. The van der Waals surface area contributed by atoms with Crippen LogP contribution in [0.5, 0.6) is 11.5 Å². The van der Waals surface area contributed by atoms with Gasteiger partial charge in [-0.1, -0.05) is 28.9 Å². The zero-order chi connectivity index (χ0) is 25.5. The van der Waals surface area contributed by atoms with Crippen LogP contribution in [0, 0.1) is 6.92 Å². The number of hydrogen-bond acceptors (Lipinski definition) is 8. The summed E-state index contributed by atoms with van der Waals surface area (Å²) in [5, 5.41) is 9.27. The molecular formula is C26H24N4O6. The highest BCUT2D eigenvalue weighted by molar-refractivity contribution is 6.05. The Morgan fingerprint density at radius 2 is 1.86 bits per heavy atom. The maximum atomic E-state index is 13.0. The smallest absolute Gasteiger partial charge is 0.268 e. The van der Waals surface area contributed by atoms with Crippen LogP contribution >= 0.6 is 0 Å². The first-order valence-corrected chi connectivity index (χ1v) is 10.9. The maximum Gasteiger partial charge on any atom is 0.268 e. The van der Waals surface area contributed by atoms with Gasteiger partial charge in [0.25, 0.3) is 11.8 Å². The van der Waals surface area contributed by atoms with Gasteiger partial charge >= 0.3 is 0 Å². The molecular weight excluding hydrogens is 464 g/mol. The topological polar surface area (TPSA) is 129 Å². The van der Waals surface area contributed by atoms with E-state index < -0.39 is 11.8 Å². The standard InChI is InChI=1S/C26H24N4O6/c1-16-6-4-7-17(12-16)24-29-23(36-30-24)15-27-26(32)20(14-19-8-5-11-35-19)28-25(31)18-9-10-21(33-2)22(13-18)34-3/h4-14H,15H2,1-3H3,(H,27,32)(H,28,31)/b20-14-. The molecule has 4 rings (SSSR count). The number of nitrogens with zero attached hydrogens (tertiary/aromatic N) is 2. The lowest BCUT2D eigenvalue weighted by atomic mass is 10.1. The Balaban J connectivity index is 1.49. The lowest BCUT2D eigenvalue weighted by Crippen LogP contribution is -2.34. The van der Waals surface area contributed by atoms with Crippen molar-refractivity contribution in [3.05, 3.63) is 89.3 Å². The van der Waals surface area contributed by atoms with Gasteiger partial charge in [0.15, 0.2) is 11.5 Å². The Kier molecular flexibility index (Phi) is 7.45. The molecule has 0 saturated heterocycles. The summed E-state index contributed by atoms with van der Waals surface area (Å²) in [6.07, 6.45) is 2.88. The monoisotopic (exact) mass is 488 g/mol. The van der Waals surface area contributed by atoms with Crippen LogP contribution in [0.4, 0.5) is 0 Å². The normalized spacial score (nSPS) is 11.1. The molecule has 2 heterocycles. The molecule has 10 heteroatoms. The number of furan rings is 1. The van der Waals surface area contributed by atoms with Crippen LogP contribution in [0.3, 0.4) is 0 Å². The molecule has 0 aliphatic carbocycles. The molecule has 2 N–H and O–H groups in total. The first-order valence-electron chi connectivity index (χ1n) is 10.9. The molecule has 0 atom stereocenters. The summed E-state index contributed by atoms with van der Waals surface area (Å²) < 4.78 is 21.0. The number of ether oxygens (including phenoxy) is 2. The minimum absolute atomic E-state index is 0.0387. The number of aromatic nitrogens is 2. The molecule has 0 unspecified atom stereocenters. The summed E-state index contributed by atoms with van der Waals surface area (Å²) >= 11 is 0. The van der Waals surface area contributed by atoms with Crippen molar-refractivity contribution in [2.45, 2.75) is 13.5 Å². The van der Waals surface area contributed by atoms with Crippen LogP contribution in [0.1, 0.15) is 27.6 Å². The number of carbonyl (C=O) groups is 2. The summed E-state index contributed by atoms with van der Waals surface area (Å²) in [5.74, 6) is 0.764. The second-order valence-electron chi connectivity index (χ2n) is 7.66. The minimum Gasteiger partial charge on any atom is -0.493 e. The van der Waals surface area contributed by atoms with Crippen molar-refractivity contribution in [1.82, 2.24) is 20.8 Å². The van der Waals surface area contributed by atoms with E-state index in [1.165, 1.54) is 32.6 Å². The first kappa shape index (κ1) is 24.3. The summed E-state index contributed by atoms with van der Waals surface area (Å²) in [5.41, 5.74) is 2.09. The Bertz CT molecular complexity index is 1390. The highest BCUT2D eigenvalue weighted by atomic mass is 16.5. The van der Waals surface area contributed by atoms with E-state index in [-0.39, 0.29) is 23.7 Å².